The summed E-state index contributed by atoms with van der Waals surface area (Å²) in [6.07, 6.45) is 0.292. The number of hydrogen-bond donors (Lipinski definition) is 1. The molecule has 0 unspecified atom stereocenters. The zero-order valence-corrected chi connectivity index (χ0v) is 9.25. The van der Waals surface area contributed by atoms with E-state index in [4.69, 9.17) is 5.90 Å². The third-order valence-electron chi connectivity index (χ3n) is 1.85. The number of nitrogens with two attached hydrogens (primary N) is 1. The normalized spacial score (nSPS) is 9.20. The molecule has 0 fully saturated rings. The number of rotatable bonds is 4. The fraction of sp³-hybridized carbons (Fsp3) is 0.300. The third kappa shape index (κ3) is 4.78. The molecule has 0 amide bonds. The number of esters is 1. The standard InChI is InChI=1S/C10H13NO3.ClH/c1-13-10(12)6-8-2-4-9(5-3-8)7-14-11;/h2-5H,6-7,11H2,1H3;1H. The number of methoxy groups -OCH3 is 1. The molecule has 4 nitrogen and oxygen atoms in total. The maximum Gasteiger partial charge on any atom is 0.309 e. The van der Waals surface area contributed by atoms with Crippen LogP contribution in [0.2, 0.25) is 0 Å². The van der Waals surface area contributed by atoms with Crippen molar-refractivity contribution < 1.29 is 14.4 Å². The molecule has 0 aromatic heterocycles. The lowest BCUT2D eigenvalue weighted by Gasteiger charge is -2.02. The van der Waals surface area contributed by atoms with Crippen molar-refractivity contribution in [2.45, 2.75) is 13.0 Å². The van der Waals surface area contributed by atoms with Crippen molar-refractivity contribution in [1.29, 1.82) is 0 Å². The van der Waals surface area contributed by atoms with Gasteiger partial charge in [-0.15, -0.1) is 12.4 Å². The Morgan fingerprint density at radius 1 is 1.27 bits per heavy atom. The second kappa shape index (κ2) is 7.23. The minimum atomic E-state index is -0.243. The van der Waals surface area contributed by atoms with Gasteiger partial charge in [0.05, 0.1) is 20.1 Å². The van der Waals surface area contributed by atoms with Gasteiger partial charge >= 0.3 is 5.97 Å². The molecule has 0 aliphatic heterocycles. The Morgan fingerprint density at radius 2 is 1.80 bits per heavy atom. The highest BCUT2D eigenvalue weighted by molar-refractivity contribution is 5.85. The van der Waals surface area contributed by atoms with E-state index in [1.54, 1.807) is 0 Å². The SMILES string of the molecule is COC(=O)Cc1ccc(CON)cc1.Cl. The summed E-state index contributed by atoms with van der Waals surface area (Å²) in [7, 11) is 1.37. The van der Waals surface area contributed by atoms with Gasteiger partial charge in [-0.3, -0.25) is 9.63 Å². The molecule has 0 heterocycles. The topological polar surface area (TPSA) is 61.5 Å². The molecule has 1 aromatic rings. The molecule has 0 aliphatic carbocycles. The number of benzene rings is 1. The molecule has 84 valence electrons. The van der Waals surface area contributed by atoms with E-state index < -0.39 is 0 Å². The van der Waals surface area contributed by atoms with Crippen LogP contribution in [0.5, 0.6) is 0 Å². The Labute approximate surface area is 94.7 Å². The lowest BCUT2D eigenvalue weighted by Crippen LogP contribution is -2.04. The Balaban J connectivity index is 0.00000196. The highest BCUT2D eigenvalue weighted by atomic mass is 35.5. The van der Waals surface area contributed by atoms with Crippen LogP contribution in [-0.4, -0.2) is 13.1 Å². The van der Waals surface area contributed by atoms with Gasteiger partial charge in [0, 0.05) is 0 Å². The predicted molar refractivity (Wildman–Crippen MR) is 58.4 cm³/mol. The van der Waals surface area contributed by atoms with Crippen LogP contribution < -0.4 is 5.90 Å². The Kier molecular flexibility index (Phi) is 6.70. The fourth-order valence-corrected chi connectivity index (χ4v) is 1.09. The lowest BCUT2D eigenvalue weighted by molar-refractivity contribution is -0.139. The fourth-order valence-electron chi connectivity index (χ4n) is 1.09. The van der Waals surface area contributed by atoms with Crippen LogP contribution >= 0.6 is 12.4 Å². The molecule has 0 saturated carbocycles. The van der Waals surface area contributed by atoms with Crippen LogP contribution in [0, 0.1) is 0 Å². The first-order valence-electron chi connectivity index (χ1n) is 4.22. The van der Waals surface area contributed by atoms with E-state index in [0.29, 0.717) is 13.0 Å². The van der Waals surface area contributed by atoms with Gasteiger partial charge in [-0.05, 0) is 11.1 Å². The number of carbonyl (C=O) groups excluding carboxylic acids is 1. The van der Waals surface area contributed by atoms with E-state index in [9.17, 15) is 4.79 Å². The third-order valence-corrected chi connectivity index (χ3v) is 1.85. The summed E-state index contributed by atoms with van der Waals surface area (Å²) in [6.45, 7) is 0.374. The zero-order valence-electron chi connectivity index (χ0n) is 8.43. The van der Waals surface area contributed by atoms with Crippen molar-refractivity contribution in [2.24, 2.45) is 5.90 Å². The molecule has 1 aromatic carbocycles. The van der Waals surface area contributed by atoms with E-state index in [2.05, 4.69) is 9.57 Å². The number of halogens is 1. The van der Waals surface area contributed by atoms with E-state index in [1.807, 2.05) is 24.3 Å². The molecule has 0 bridgehead atoms. The molecule has 0 aliphatic rings. The van der Waals surface area contributed by atoms with Crippen LogP contribution in [0.25, 0.3) is 0 Å². The summed E-state index contributed by atoms with van der Waals surface area (Å²) >= 11 is 0. The number of carbonyl (C=O) groups is 1. The van der Waals surface area contributed by atoms with Crippen LogP contribution in [0.4, 0.5) is 0 Å². The maximum absolute atomic E-state index is 10.9. The van der Waals surface area contributed by atoms with Crippen molar-refractivity contribution >= 4 is 18.4 Å². The molecular weight excluding hydrogens is 218 g/mol. The molecule has 1 rings (SSSR count). The Bertz CT molecular complexity index is 300. The monoisotopic (exact) mass is 231 g/mol. The average Bonchev–Trinajstić information content (AvgIpc) is 2.21. The first-order chi connectivity index (χ1) is 6.76. The summed E-state index contributed by atoms with van der Waals surface area (Å²) < 4.78 is 4.55. The molecule has 0 radical (unpaired) electrons. The predicted octanol–water partition coefficient (Wildman–Crippen LogP) is 1.21. The van der Waals surface area contributed by atoms with Gasteiger partial charge in [-0.2, -0.15) is 0 Å². The van der Waals surface area contributed by atoms with E-state index in [1.165, 1.54) is 7.11 Å². The van der Waals surface area contributed by atoms with Crippen molar-refractivity contribution in [3.63, 3.8) is 0 Å². The Hall–Kier alpha value is -1.10. The molecule has 0 spiro atoms. The Morgan fingerprint density at radius 3 is 2.27 bits per heavy atom. The highest BCUT2D eigenvalue weighted by Crippen LogP contribution is 2.06. The molecular formula is C10H14ClNO3. The van der Waals surface area contributed by atoms with Gasteiger partial charge in [0.15, 0.2) is 0 Å². The molecule has 0 atom stereocenters. The second-order valence-corrected chi connectivity index (χ2v) is 2.88. The van der Waals surface area contributed by atoms with Gasteiger partial charge < -0.3 is 4.74 Å². The summed E-state index contributed by atoms with van der Waals surface area (Å²) in [4.78, 5) is 15.4. The minimum Gasteiger partial charge on any atom is -0.469 e. The average molecular weight is 232 g/mol. The van der Waals surface area contributed by atoms with Crippen molar-refractivity contribution in [3.8, 4) is 0 Å². The van der Waals surface area contributed by atoms with Gasteiger partial charge in [-0.1, -0.05) is 24.3 Å². The summed E-state index contributed by atoms with van der Waals surface area (Å²) in [5.41, 5.74) is 1.89. The molecule has 2 N–H and O–H groups in total. The van der Waals surface area contributed by atoms with Gasteiger partial charge in [-0.25, -0.2) is 5.90 Å². The largest absolute Gasteiger partial charge is 0.469 e. The van der Waals surface area contributed by atoms with Crippen molar-refractivity contribution in [2.75, 3.05) is 7.11 Å². The maximum atomic E-state index is 10.9. The smallest absolute Gasteiger partial charge is 0.309 e. The zero-order chi connectivity index (χ0) is 10.4. The second-order valence-electron chi connectivity index (χ2n) is 2.88. The lowest BCUT2D eigenvalue weighted by atomic mass is 10.1. The quantitative estimate of drug-likeness (QED) is 0.625. The first-order valence-corrected chi connectivity index (χ1v) is 4.22. The highest BCUT2D eigenvalue weighted by Gasteiger charge is 2.02. The summed E-state index contributed by atoms with van der Waals surface area (Å²) in [5.74, 6) is 4.68. The summed E-state index contributed by atoms with van der Waals surface area (Å²) in [5, 5.41) is 0. The molecule has 5 heteroatoms. The number of hydrogen-bond acceptors (Lipinski definition) is 4. The number of ether oxygens (including phenoxy) is 1. The van der Waals surface area contributed by atoms with Crippen molar-refractivity contribution in [3.05, 3.63) is 35.4 Å². The van der Waals surface area contributed by atoms with Crippen molar-refractivity contribution in [1.82, 2.24) is 0 Å². The van der Waals surface area contributed by atoms with Crippen LogP contribution in [0.1, 0.15) is 11.1 Å². The van der Waals surface area contributed by atoms with Crippen LogP contribution in [0.3, 0.4) is 0 Å². The minimum absolute atomic E-state index is 0. The van der Waals surface area contributed by atoms with Crippen LogP contribution in [0.15, 0.2) is 24.3 Å². The van der Waals surface area contributed by atoms with E-state index >= 15 is 0 Å². The van der Waals surface area contributed by atoms with E-state index in [0.717, 1.165) is 11.1 Å². The van der Waals surface area contributed by atoms with Gasteiger partial charge in [0.1, 0.15) is 0 Å². The summed E-state index contributed by atoms with van der Waals surface area (Å²) in [6, 6.07) is 7.44. The molecule has 15 heavy (non-hydrogen) atoms. The van der Waals surface area contributed by atoms with E-state index in [-0.39, 0.29) is 18.4 Å². The van der Waals surface area contributed by atoms with Crippen LogP contribution in [-0.2, 0) is 27.4 Å². The molecule has 0 saturated heterocycles. The van der Waals surface area contributed by atoms with Gasteiger partial charge in [0.25, 0.3) is 0 Å². The first kappa shape index (κ1) is 13.9. The van der Waals surface area contributed by atoms with Gasteiger partial charge in [0.2, 0.25) is 0 Å².